The summed E-state index contributed by atoms with van der Waals surface area (Å²) in [5.41, 5.74) is 2.02. The van der Waals surface area contributed by atoms with Crippen LogP contribution in [0.1, 0.15) is 22.3 Å². The number of aliphatic hydroxyl groups is 2. The van der Waals surface area contributed by atoms with E-state index in [0.29, 0.717) is 22.3 Å². The van der Waals surface area contributed by atoms with Gasteiger partial charge in [0.05, 0.1) is 35.9 Å². The number of ether oxygens (including phenoxy) is 2. The first kappa shape index (κ1) is 39.4. The summed E-state index contributed by atoms with van der Waals surface area (Å²) >= 11 is 0. The molecule has 4 aromatic carbocycles. The van der Waals surface area contributed by atoms with Crippen molar-refractivity contribution in [1.29, 1.82) is 0 Å². The number of phenolic OH excluding ortho intramolecular Hbond substituents is 2. The van der Waals surface area contributed by atoms with Crippen molar-refractivity contribution in [3.63, 3.8) is 0 Å². The van der Waals surface area contributed by atoms with Crippen molar-refractivity contribution in [3.05, 3.63) is 175 Å². The standard InChI is InChI=1S/C41H36N2O11/c1-53-39-23-29(11-21-37(39)46)3-13-31(25-35(44)19-9-27-5-15-33(16-6-27)42(49)50)41(48)32(14-4-30-12-22-38(47)40(24-30)54-2)26-36(45)20-10-28-7-17-34(18-8-28)43(51)52/h3-26,31-32,44-47H,1-2H3. The van der Waals surface area contributed by atoms with Gasteiger partial charge in [-0.15, -0.1) is 0 Å². The van der Waals surface area contributed by atoms with Gasteiger partial charge in [0.25, 0.3) is 11.4 Å². The lowest BCUT2D eigenvalue weighted by molar-refractivity contribution is -0.385. The van der Waals surface area contributed by atoms with Gasteiger partial charge in [-0.25, -0.2) is 0 Å². The Morgan fingerprint density at radius 2 is 0.944 bits per heavy atom. The average Bonchev–Trinajstić information content (AvgIpc) is 3.17. The van der Waals surface area contributed by atoms with Gasteiger partial charge in [-0.3, -0.25) is 25.0 Å². The number of methoxy groups -OCH3 is 2. The van der Waals surface area contributed by atoms with Gasteiger partial charge in [0.2, 0.25) is 0 Å². The lowest BCUT2D eigenvalue weighted by atomic mass is 9.89. The van der Waals surface area contributed by atoms with Gasteiger partial charge in [0, 0.05) is 24.3 Å². The van der Waals surface area contributed by atoms with Gasteiger partial charge in [-0.2, -0.15) is 0 Å². The molecule has 0 spiro atoms. The Morgan fingerprint density at radius 3 is 1.28 bits per heavy atom. The van der Waals surface area contributed by atoms with Crippen molar-refractivity contribution in [2.24, 2.45) is 11.8 Å². The molecule has 0 bridgehead atoms. The number of hydrogen-bond acceptors (Lipinski definition) is 11. The van der Waals surface area contributed by atoms with Gasteiger partial charge >= 0.3 is 0 Å². The van der Waals surface area contributed by atoms with Gasteiger partial charge in [0.15, 0.2) is 28.8 Å². The number of aliphatic hydroxyl groups excluding tert-OH is 2. The molecule has 13 heteroatoms. The Morgan fingerprint density at radius 1 is 0.593 bits per heavy atom. The van der Waals surface area contributed by atoms with E-state index >= 15 is 0 Å². The molecule has 0 radical (unpaired) electrons. The Bertz CT molecular complexity index is 2010. The largest absolute Gasteiger partial charge is 0.508 e. The zero-order valence-electron chi connectivity index (χ0n) is 29.1. The molecule has 0 heterocycles. The minimum Gasteiger partial charge on any atom is -0.508 e. The third-order valence-corrected chi connectivity index (χ3v) is 7.86. The number of hydrogen-bond donors (Lipinski definition) is 4. The van der Waals surface area contributed by atoms with Crippen LogP contribution in [0.25, 0.3) is 24.3 Å². The third-order valence-electron chi connectivity index (χ3n) is 7.86. The molecule has 0 saturated carbocycles. The molecule has 276 valence electrons. The third kappa shape index (κ3) is 11.3. The molecule has 2 atom stereocenters. The molecule has 0 aromatic heterocycles. The van der Waals surface area contributed by atoms with E-state index < -0.39 is 27.5 Å². The number of Topliss-reactive ketones (excluding diaryl/α,β-unsaturated/α-hetero) is 1. The minimum absolute atomic E-state index is 0.0883. The van der Waals surface area contributed by atoms with Gasteiger partial charge in [-0.1, -0.05) is 48.6 Å². The number of allylic oxidation sites excluding steroid dienone is 6. The van der Waals surface area contributed by atoms with Crippen LogP contribution >= 0.6 is 0 Å². The van der Waals surface area contributed by atoms with Crippen LogP contribution in [0.15, 0.2) is 133 Å². The summed E-state index contributed by atoms with van der Waals surface area (Å²) in [6.07, 6.45) is 14.5. The molecule has 4 rings (SSSR count). The Balaban J connectivity index is 1.75. The second kappa shape index (κ2) is 18.7. The number of nitro benzene ring substituents is 2. The SMILES string of the molecule is COc1cc(C=CC(C=C(O)C=Cc2ccc([N+](=O)[O-])cc2)C(=O)C(C=Cc2ccc(O)c(OC)c2)C=C(O)C=Cc2ccc([N+](=O)[O-])cc2)ccc1O. The number of nitrogens with zero attached hydrogens (tertiary/aromatic N) is 2. The summed E-state index contributed by atoms with van der Waals surface area (Å²) in [5, 5.41) is 64.1. The number of aromatic hydroxyl groups is 2. The van der Waals surface area contributed by atoms with E-state index in [-0.39, 0.29) is 45.9 Å². The maximum Gasteiger partial charge on any atom is 0.269 e. The monoisotopic (exact) mass is 732 g/mol. The van der Waals surface area contributed by atoms with E-state index in [1.807, 2.05) is 0 Å². The van der Waals surface area contributed by atoms with Crippen molar-refractivity contribution in [1.82, 2.24) is 0 Å². The Labute approximate surface area is 310 Å². The maximum absolute atomic E-state index is 14.3. The zero-order chi connectivity index (χ0) is 39.2. The second-order valence-corrected chi connectivity index (χ2v) is 11.6. The topological polar surface area (TPSA) is 203 Å². The maximum atomic E-state index is 14.3. The molecule has 54 heavy (non-hydrogen) atoms. The minimum atomic E-state index is -1.11. The van der Waals surface area contributed by atoms with Crippen LogP contribution in [0.2, 0.25) is 0 Å². The molecule has 0 fully saturated rings. The highest BCUT2D eigenvalue weighted by Crippen LogP contribution is 2.29. The fourth-order valence-electron chi connectivity index (χ4n) is 4.97. The lowest BCUT2D eigenvalue weighted by Crippen LogP contribution is -2.19. The molecule has 4 aromatic rings. The first-order valence-electron chi connectivity index (χ1n) is 16.2. The summed E-state index contributed by atoms with van der Waals surface area (Å²) in [7, 11) is 2.78. The summed E-state index contributed by atoms with van der Waals surface area (Å²) in [6, 6.07) is 20.4. The number of rotatable bonds is 16. The highest BCUT2D eigenvalue weighted by molar-refractivity contribution is 5.91. The second-order valence-electron chi connectivity index (χ2n) is 11.6. The van der Waals surface area contributed by atoms with Gasteiger partial charge in [0.1, 0.15) is 11.5 Å². The molecule has 0 amide bonds. The van der Waals surface area contributed by atoms with Crippen molar-refractivity contribution < 1.29 is 44.5 Å². The van der Waals surface area contributed by atoms with Crippen LogP contribution in [0.4, 0.5) is 11.4 Å². The van der Waals surface area contributed by atoms with Crippen molar-refractivity contribution in [2.45, 2.75) is 0 Å². The average molecular weight is 733 g/mol. The van der Waals surface area contributed by atoms with Crippen LogP contribution in [-0.4, -0.2) is 50.3 Å². The van der Waals surface area contributed by atoms with Crippen LogP contribution in [-0.2, 0) is 4.79 Å². The molecular formula is C41H36N2O11. The lowest BCUT2D eigenvalue weighted by Gasteiger charge is -2.14. The molecule has 13 nitrogen and oxygen atoms in total. The predicted molar refractivity (Wildman–Crippen MR) is 205 cm³/mol. The molecule has 2 unspecified atom stereocenters. The number of ketones is 1. The first-order chi connectivity index (χ1) is 25.9. The van der Waals surface area contributed by atoms with Crippen LogP contribution in [0.5, 0.6) is 23.0 Å². The smallest absolute Gasteiger partial charge is 0.269 e. The van der Waals surface area contributed by atoms with E-state index in [0.717, 1.165) is 0 Å². The molecular weight excluding hydrogens is 696 g/mol. The van der Waals surface area contributed by atoms with Crippen LogP contribution in [0, 0.1) is 32.1 Å². The number of carbonyl (C=O) groups is 1. The Hall–Kier alpha value is -7.41. The van der Waals surface area contributed by atoms with E-state index in [2.05, 4.69) is 0 Å². The molecule has 0 saturated heterocycles. The summed E-state index contributed by atoms with van der Waals surface area (Å²) in [5.74, 6) is -3.12. The number of non-ortho nitro benzene ring substituents is 2. The van der Waals surface area contributed by atoms with Gasteiger partial charge < -0.3 is 29.9 Å². The highest BCUT2D eigenvalue weighted by Gasteiger charge is 2.22. The Kier molecular flexibility index (Phi) is 13.6. The zero-order valence-corrected chi connectivity index (χ0v) is 29.1. The van der Waals surface area contributed by atoms with Crippen LogP contribution in [0.3, 0.4) is 0 Å². The van der Waals surface area contributed by atoms with E-state index in [9.17, 15) is 45.4 Å². The predicted octanol–water partition coefficient (Wildman–Crippen LogP) is 8.77. The van der Waals surface area contributed by atoms with E-state index in [1.165, 1.54) is 123 Å². The summed E-state index contributed by atoms with van der Waals surface area (Å²) in [4.78, 5) is 35.3. The van der Waals surface area contributed by atoms with Gasteiger partial charge in [-0.05, 0) is 95.1 Å². The van der Waals surface area contributed by atoms with Crippen LogP contribution < -0.4 is 9.47 Å². The van der Waals surface area contributed by atoms with E-state index in [4.69, 9.17) is 9.47 Å². The van der Waals surface area contributed by atoms with E-state index in [1.54, 1.807) is 36.4 Å². The molecule has 0 aliphatic carbocycles. The molecule has 0 aliphatic rings. The number of phenols is 2. The normalized spacial score (nSPS) is 13.4. The van der Waals surface area contributed by atoms with Crippen molar-refractivity contribution in [3.8, 4) is 23.0 Å². The quantitative estimate of drug-likeness (QED) is 0.0371. The molecule has 0 aliphatic heterocycles. The fraction of sp³-hybridized carbons (Fsp3) is 0.0976. The summed E-state index contributed by atoms with van der Waals surface area (Å²) in [6.45, 7) is 0. The number of nitro groups is 2. The number of carbonyl (C=O) groups excluding carboxylic acids is 1. The summed E-state index contributed by atoms with van der Waals surface area (Å²) < 4.78 is 10.4. The molecule has 4 N–H and O–H groups in total. The van der Waals surface area contributed by atoms with Crippen molar-refractivity contribution in [2.75, 3.05) is 14.2 Å². The highest BCUT2D eigenvalue weighted by atomic mass is 16.6. The first-order valence-corrected chi connectivity index (χ1v) is 16.2. The fourth-order valence-corrected chi connectivity index (χ4v) is 4.97. The number of benzene rings is 4. The van der Waals surface area contributed by atoms with Crippen molar-refractivity contribution >= 4 is 41.5 Å².